The van der Waals surface area contributed by atoms with E-state index < -0.39 is 0 Å². The van der Waals surface area contributed by atoms with Crippen molar-refractivity contribution in [3.8, 4) is 10.7 Å². The fourth-order valence-corrected chi connectivity index (χ4v) is 4.60. The highest BCUT2D eigenvalue weighted by Crippen LogP contribution is 2.28. The van der Waals surface area contributed by atoms with E-state index in [-0.39, 0.29) is 17.7 Å². The Bertz CT molecular complexity index is 1080. The summed E-state index contributed by atoms with van der Waals surface area (Å²) in [6.07, 6.45) is 0. The van der Waals surface area contributed by atoms with Crippen LogP contribution >= 0.6 is 23.1 Å². The van der Waals surface area contributed by atoms with Gasteiger partial charge in [-0.2, -0.15) is 0 Å². The summed E-state index contributed by atoms with van der Waals surface area (Å²) >= 11 is 3.04. The molecule has 2 heterocycles. The third-order valence-electron chi connectivity index (χ3n) is 4.65. The summed E-state index contributed by atoms with van der Waals surface area (Å²) in [7, 11) is 0. The van der Waals surface area contributed by atoms with Crippen molar-refractivity contribution in [1.82, 2.24) is 20.1 Å². The molecule has 2 aromatic carbocycles. The lowest BCUT2D eigenvalue weighted by Crippen LogP contribution is -2.28. The Labute approximate surface area is 184 Å². The van der Waals surface area contributed by atoms with E-state index in [1.54, 1.807) is 11.3 Å². The summed E-state index contributed by atoms with van der Waals surface area (Å²) in [5, 5.41) is 14.6. The van der Waals surface area contributed by atoms with Crippen LogP contribution in [0.3, 0.4) is 0 Å². The van der Waals surface area contributed by atoms with Gasteiger partial charge in [-0.15, -0.1) is 21.5 Å². The molecule has 1 amide bonds. The van der Waals surface area contributed by atoms with E-state index in [0.717, 1.165) is 21.4 Å². The van der Waals surface area contributed by atoms with Crippen molar-refractivity contribution in [3.63, 3.8) is 0 Å². The van der Waals surface area contributed by atoms with Crippen LogP contribution in [0.5, 0.6) is 0 Å². The van der Waals surface area contributed by atoms with Gasteiger partial charge in [0.2, 0.25) is 5.91 Å². The maximum absolute atomic E-state index is 12.5. The molecule has 4 rings (SSSR count). The van der Waals surface area contributed by atoms with Gasteiger partial charge in [0.25, 0.3) is 0 Å². The normalized spacial score (nSPS) is 11.9. The van der Waals surface area contributed by atoms with Crippen LogP contribution in [0.15, 0.2) is 83.3 Å². The fourth-order valence-electron chi connectivity index (χ4n) is 3.13. The van der Waals surface area contributed by atoms with Crippen molar-refractivity contribution in [2.45, 2.75) is 24.7 Å². The molecule has 1 N–H and O–H groups in total. The first-order valence-electron chi connectivity index (χ1n) is 9.69. The van der Waals surface area contributed by atoms with E-state index in [9.17, 15) is 4.79 Å². The van der Waals surface area contributed by atoms with Crippen LogP contribution in [0.4, 0.5) is 0 Å². The van der Waals surface area contributed by atoms with Gasteiger partial charge < -0.3 is 5.32 Å². The Morgan fingerprint density at radius 2 is 1.77 bits per heavy atom. The van der Waals surface area contributed by atoms with Crippen LogP contribution in [-0.2, 0) is 11.3 Å². The highest BCUT2D eigenvalue weighted by molar-refractivity contribution is 7.99. The zero-order valence-corrected chi connectivity index (χ0v) is 18.2. The van der Waals surface area contributed by atoms with Crippen molar-refractivity contribution in [2.75, 3.05) is 5.75 Å². The number of thiophene rings is 1. The first kappa shape index (κ1) is 20.4. The monoisotopic (exact) mass is 434 g/mol. The van der Waals surface area contributed by atoms with E-state index in [1.165, 1.54) is 17.3 Å². The molecule has 4 aromatic rings. The molecule has 0 aliphatic heterocycles. The topological polar surface area (TPSA) is 59.8 Å². The molecule has 0 radical (unpaired) electrons. The summed E-state index contributed by atoms with van der Waals surface area (Å²) in [5.41, 5.74) is 2.25. The van der Waals surface area contributed by atoms with Crippen LogP contribution < -0.4 is 5.32 Å². The Kier molecular flexibility index (Phi) is 6.61. The second-order valence-corrected chi connectivity index (χ2v) is 8.73. The van der Waals surface area contributed by atoms with Crippen molar-refractivity contribution in [2.24, 2.45) is 0 Å². The summed E-state index contributed by atoms with van der Waals surface area (Å²) in [6.45, 7) is 2.65. The first-order chi connectivity index (χ1) is 14.7. The lowest BCUT2D eigenvalue weighted by molar-refractivity contribution is -0.119. The number of thioether (sulfide) groups is 1. The van der Waals surface area contributed by atoms with E-state index in [1.807, 2.05) is 73.0 Å². The standard InChI is InChI=1S/C23H22N4OS2/c1-17(19-11-6-3-7-12-19)24-21(28)16-30-23-26-25-22(20-13-8-14-29-20)27(23)15-18-9-4-2-5-10-18/h2-14,17H,15-16H2,1H3,(H,24,28)/t17-/m0/s1. The summed E-state index contributed by atoms with van der Waals surface area (Å²) in [6, 6.07) is 24.2. The number of hydrogen-bond donors (Lipinski definition) is 1. The van der Waals surface area contributed by atoms with Gasteiger partial charge in [-0.05, 0) is 29.5 Å². The van der Waals surface area contributed by atoms with Crippen LogP contribution in [0.25, 0.3) is 10.7 Å². The summed E-state index contributed by atoms with van der Waals surface area (Å²) < 4.78 is 2.08. The van der Waals surface area contributed by atoms with Crippen LogP contribution in [0.2, 0.25) is 0 Å². The van der Waals surface area contributed by atoms with Gasteiger partial charge in [0, 0.05) is 0 Å². The van der Waals surface area contributed by atoms with Crippen molar-refractivity contribution in [3.05, 3.63) is 89.3 Å². The largest absolute Gasteiger partial charge is 0.349 e. The second kappa shape index (κ2) is 9.73. The number of hydrogen-bond acceptors (Lipinski definition) is 5. The molecule has 7 heteroatoms. The number of amides is 1. The quantitative estimate of drug-likeness (QED) is 0.395. The predicted octanol–water partition coefficient (Wildman–Crippen LogP) is 5.02. The van der Waals surface area contributed by atoms with Gasteiger partial charge in [-0.1, -0.05) is 78.5 Å². The Morgan fingerprint density at radius 3 is 2.47 bits per heavy atom. The van der Waals surface area contributed by atoms with Crippen molar-refractivity contribution in [1.29, 1.82) is 0 Å². The molecular formula is C23H22N4OS2. The van der Waals surface area contributed by atoms with Gasteiger partial charge in [0.05, 0.1) is 23.2 Å². The van der Waals surface area contributed by atoms with Crippen molar-refractivity contribution >= 4 is 29.0 Å². The number of nitrogens with zero attached hydrogens (tertiary/aromatic N) is 3. The van der Waals surface area contributed by atoms with Gasteiger partial charge in [0.1, 0.15) is 0 Å². The summed E-state index contributed by atoms with van der Waals surface area (Å²) in [4.78, 5) is 13.6. The van der Waals surface area contributed by atoms with Gasteiger partial charge >= 0.3 is 0 Å². The molecule has 0 saturated carbocycles. The fraction of sp³-hybridized carbons (Fsp3) is 0.174. The number of carbonyl (C=O) groups is 1. The molecule has 30 heavy (non-hydrogen) atoms. The third kappa shape index (κ3) is 4.98. The lowest BCUT2D eigenvalue weighted by Gasteiger charge is -2.14. The smallest absolute Gasteiger partial charge is 0.230 e. The minimum atomic E-state index is -0.0387. The number of rotatable bonds is 8. The van der Waals surface area contributed by atoms with Crippen molar-refractivity contribution < 1.29 is 4.79 Å². The lowest BCUT2D eigenvalue weighted by atomic mass is 10.1. The van der Waals surface area contributed by atoms with Crippen LogP contribution in [0, 0.1) is 0 Å². The molecule has 0 bridgehead atoms. The molecule has 2 aromatic heterocycles. The minimum absolute atomic E-state index is 0.0247. The third-order valence-corrected chi connectivity index (χ3v) is 6.48. The van der Waals surface area contributed by atoms with E-state index in [4.69, 9.17) is 0 Å². The average molecular weight is 435 g/mol. The maximum atomic E-state index is 12.5. The zero-order valence-electron chi connectivity index (χ0n) is 16.6. The molecule has 0 aliphatic carbocycles. The maximum Gasteiger partial charge on any atom is 0.230 e. The number of benzene rings is 2. The zero-order chi connectivity index (χ0) is 20.8. The molecule has 0 unspecified atom stereocenters. The Balaban J connectivity index is 1.47. The van der Waals surface area contributed by atoms with Crippen LogP contribution in [-0.4, -0.2) is 26.4 Å². The van der Waals surface area contributed by atoms with Crippen LogP contribution in [0.1, 0.15) is 24.1 Å². The highest BCUT2D eigenvalue weighted by Gasteiger charge is 2.17. The number of nitrogens with one attached hydrogen (secondary N) is 1. The summed E-state index contributed by atoms with van der Waals surface area (Å²) in [5.74, 6) is 1.09. The molecule has 152 valence electrons. The molecule has 1 atom stereocenters. The molecule has 0 saturated heterocycles. The number of carbonyl (C=O) groups excluding carboxylic acids is 1. The minimum Gasteiger partial charge on any atom is -0.349 e. The van der Waals surface area contributed by atoms with Gasteiger partial charge in [-0.3, -0.25) is 9.36 Å². The van der Waals surface area contributed by atoms with E-state index in [2.05, 4.69) is 32.2 Å². The van der Waals surface area contributed by atoms with E-state index in [0.29, 0.717) is 6.54 Å². The first-order valence-corrected chi connectivity index (χ1v) is 11.6. The second-order valence-electron chi connectivity index (χ2n) is 6.84. The average Bonchev–Trinajstić information content (AvgIpc) is 3.44. The predicted molar refractivity (Wildman–Crippen MR) is 123 cm³/mol. The van der Waals surface area contributed by atoms with E-state index >= 15 is 0 Å². The highest BCUT2D eigenvalue weighted by atomic mass is 32.2. The Hall–Kier alpha value is -2.90. The SMILES string of the molecule is C[C@H](NC(=O)CSc1nnc(-c2cccs2)n1Cc1ccccc1)c1ccccc1. The number of aromatic nitrogens is 3. The molecule has 0 spiro atoms. The molecule has 0 aliphatic rings. The molecular weight excluding hydrogens is 412 g/mol. The van der Waals surface area contributed by atoms with Gasteiger partial charge in [-0.25, -0.2) is 0 Å². The van der Waals surface area contributed by atoms with Gasteiger partial charge in [0.15, 0.2) is 11.0 Å². The molecule has 0 fully saturated rings. The molecule has 5 nitrogen and oxygen atoms in total. The Morgan fingerprint density at radius 1 is 1.03 bits per heavy atom.